The van der Waals surface area contributed by atoms with Crippen LogP contribution in [0, 0.1) is 6.92 Å². The van der Waals surface area contributed by atoms with Gasteiger partial charge in [0.05, 0.1) is 10.4 Å². The molecule has 0 bridgehead atoms. The fourth-order valence-electron chi connectivity index (χ4n) is 3.83. The van der Waals surface area contributed by atoms with Crippen molar-refractivity contribution in [1.29, 1.82) is 0 Å². The third-order valence-electron chi connectivity index (χ3n) is 5.63. The van der Waals surface area contributed by atoms with Crippen LogP contribution in [0.1, 0.15) is 25.6 Å². The second-order valence-corrected chi connectivity index (χ2v) is 9.68. The predicted molar refractivity (Wildman–Crippen MR) is 132 cm³/mol. The zero-order chi connectivity index (χ0) is 22.6. The first-order valence-corrected chi connectivity index (χ1v) is 11.5. The summed E-state index contributed by atoms with van der Waals surface area (Å²) in [6.07, 6.45) is 0. The molecule has 0 fully saturated rings. The number of anilines is 1. The van der Waals surface area contributed by atoms with Crippen LogP contribution in [0.4, 0.5) is 5.69 Å². The van der Waals surface area contributed by atoms with Crippen molar-refractivity contribution in [2.45, 2.75) is 6.92 Å². The van der Waals surface area contributed by atoms with E-state index in [-0.39, 0.29) is 16.9 Å². The van der Waals surface area contributed by atoms with Crippen LogP contribution in [0.25, 0.3) is 30.3 Å². The van der Waals surface area contributed by atoms with Crippen molar-refractivity contribution in [2.75, 3.05) is 11.9 Å². The van der Waals surface area contributed by atoms with Crippen molar-refractivity contribution < 1.29 is 14.7 Å². The second kappa shape index (κ2) is 7.55. The van der Waals surface area contributed by atoms with Gasteiger partial charge in [-0.25, -0.2) is 4.79 Å². The van der Waals surface area contributed by atoms with E-state index in [0.29, 0.717) is 21.3 Å². The van der Waals surface area contributed by atoms with Gasteiger partial charge in [-0.15, -0.1) is 22.7 Å². The largest absolute Gasteiger partial charge is 0.478 e. The minimum absolute atomic E-state index is 0.0451. The Balaban J connectivity index is 1.58. The van der Waals surface area contributed by atoms with Gasteiger partial charge in [0.1, 0.15) is 0 Å². The monoisotopic (exact) mass is 459 g/mol. The molecule has 5 nitrogen and oxygen atoms in total. The normalized spacial score (nSPS) is 11.3. The van der Waals surface area contributed by atoms with E-state index in [1.165, 1.54) is 16.2 Å². The first kappa shape index (κ1) is 20.4. The van der Waals surface area contributed by atoms with Gasteiger partial charge in [-0.2, -0.15) is 0 Å². The number of aryl methyl sites for hydroxylation is 1. The molecule has 0 unspecified atom stereocenters. The van der Waals surface area contributed by atoms with Crippen molar-refractivity contribution in [3.8, 4) is 0 Å². The lowest BCUT2D eigenvalue weighted by atomic mass is 10.1. The zero-order valence-electron chi connectivity index (χ0n) is 17.2. The van der Waals surface area contributed by atoms with Crippen LogP contribution in [-0.4, -0.2) is 24.0 Å². The Kier molecular flexibility index (Phi) is 4.80. The maximum absolute atomic E-state index is 13.3. The average molecular weight is 460 g/mol. The number of carbonyl (C=O) groups excluding carboxylic acids is 1. The Morgan fingerprint density at radius 1 is 0.844 bits per heavy atom. The SMILES string of the molecule is Cc1c(C(=O)N(C)c2ccc3sc4ccccc4c(=O)c3c2)sc2cc(C(=O)O)ccc12. The Bertz CT molecular complexity index is 1630. The van der Waals surface area contributed by atoms with Gasteiger partial charge >= 0.3 is 5.97 Å². The summed E-state index contributed by atoms with van der Waals surface area (Å²) in [6, 6.07) is 17.9. The van der Waals surface area contributed by atoms with Gasteiger partial charge in [0, 0.05) is 37.6 Å². The molecule has 2 aromatic heterocycles. The molecule has 158 valence electrons. The third kappa shape index (κ3) is 3.18. The maximum atomic E-state index is 13.3. The molecule has 5 rings (SSSR count). The van der Waals surface area contributed by atoms with Crippen LogP contribution in [0.2, 0.25) is 0 Å². The lowest BCUT2D eigenvalue weighted by molar-refractivity contribution is 0.0697. The molecule has 0 radical (unpaired) electrons. The summed E-state index contributed by atoms with van der Waals surface area (Å²) < 4.78 is 2.56. The van der Waals surface area contributed by atoms with Crippen LogP contribution in [0.15, 0.2) is 65.5 Å². The van der Waals surface area contributed by atoms with Crippen LogP contribution in [0.5, 0.6) is 0 Å². The molecule has 7 heteroatoms. The van der Waals surface area contributed by atoms with E-state index in [9.17, 15) is 19.5 Å². The standard InChI is InChI=1S/C25H17NO4S2/c1-13-16-9-7-14(25(29)30)11-21(16)32-23(13)24(28)26(2)15-8-10-20-18(12-15)22(27)17-5-3-4-6-19(17)31-20/h3-12H,1-2H3,(H,29,30). The molecule has 3 aromatic carbocycles. The van der Waals surface area contributed by atoms with Gasteiger partial charge in [-0.1, -0.05) is 18.2 Å². The number of fused-ring (bicyclic) bond motifs is 3. The number of carbonyl (C=O) groups is 2. The fraction of sp³-hybridized carbons (Fsp3) is 0.0800. The van der Waals surface area contributed by atoms with Crippen molar-refractivity contribution in [1.82, 2.24) is 0 Å². The number of hydrogen-bond acceptors (Lipinski definition) is 5. The van der Waals surface area contributed by atoms with Gasteiger partial charge in [0.25, 0.3) is 5.91 Å². The first-order valence-electron chi connectivity index (χ1n) is 9.85. The number of benzene rings is 3. The number of nitrogens with zero attached hydrogens (tertiary/aromatic N) is 1. The minimum Gasteiger partial charge on any atom is -0.478 e. The van der Waals surface area contributed by atoms with E-state index in [0.717, 1.165) is 25.0 Å². The molecule has 1 amide bonds. The smallest absolute Gasteiger partial charge is 0.335 e. The highest BCUT2D eigenvalue weighted by molar-refractivity contribution is 7.24. The molecule has 0 aliphatic heterocycles. The number of rotatable bonds is 3. The van der Waals surface area contributed by atoms with Crippen LogP contribution in [-0.2, 0) is 0 Å². The first-order chi connectivity index (χ1) is 15.3. The number of hydrogen-bond donors (Lipinski definition) is 1. The molecular weight excluding hydrogens is 442 g/mol. The van der Waals surface area contributed by atoms with Crippen LogP contribution in [0.3, 0.4) is 0 Å². The Labute approximate surface area is 190 Å². The van der Waals surface area contributed by atoms with Gasteiger partial charge in [0.2, 0.25) is 0 Å². The Hall–Kier alpha value is -3.55. The molecule has 0 saturated carbocycles. The number of carboxylic acids is 1. The molecular formula is C25H17NO4S2. The summed E-state index contributed by atoms with van der Waals surface area (Å²) in [6.45, 7) is 1.87. The lowest BCUT2D eigenvalue weighted by Crippen LogP contribution is -2.26. The van der Waals surface area contributed by atoms with Crippen molar-refractivity contribution in [2.24, 2.45) is 0 Å². The Morgan fingerprint density at radius 2 is 1.59 bits per heavy atom. The zero-order valence-corrected chi connectivity index (χ0v) is 18.8. The highest BCUT2D eigenvalue weighted by atomic mass is 32.1. The molecule has 0 spiro atoms. The van der Waals surface area contributed by atoms with Gasteiger partial charge < -0.3 is 10.0 Å². The molecule has 0 aliphatic rings. The highest BCUT2D eigenvalue weighted by Crippen LogP contribution is 2.34. The van der Waals surface area contributed by atoms with E-state index in [1.807, 2.05) is 43.3 Å². The van der Waals surface area contributed by atoms with Gasteiger partial charge in [-0.05, 0) is 60.3 Å². The maximum Gasteiger partial charge on any atom is 0.335 e. The van der Waals surface area contributed by atoms with Gasteiger partial charge in [0.15, 0.2) is 5.43 Å². The van der Waals surface area contributed by atoms with E-state index < -0.39 is 5.97 Å². The molecule has 32 heavy (non-hydrogen) atoms. The number of carboxylic acid groups (broad SMARTS) is 1. The molecule has 0 aliphatic carbocycles. The summed E-state index contributed by atoms with van der Waals surface area (Å²) in [7, 11) is 1.69. The van der Waals surface area contributed by atoms with Gasteiger partial charge in [-0.3, -0.25) is 9.59 Å². The van der Waals surface area contributed by atoms with Crippen molar-refractivity contribution >= 4 is 70.5 Å². The summed E-state index contributed by atoms with van der Waals surface area (Å²) in [4.78, 5) is 39.7. The number of thiophene rings is 1. The van der Waals surface area contributed by atoms with E-state index >= 15 is 0 Å². The quantitative estimate of drug-likeness (QED) is 0.340. The Morgan fingerprint density at radius 3 is 2.38 bits per heavy atom. The van der Waals surface area contributed by atoms with Crippen LogP contribution >= 0.6 is 22.7 Å². The van der Waals surface area contributed by atoms with Crippen molar-refractivity contribution in [3.05, 3.63) is 86.9 Å². The van der Waals surface area contributed by atoms with E-state index in [4.69, 9.17) is 0 Å². The number of amides is 1. The highest BCUT2D eigenvalue weighted by Gasteiger charge is 2.21. The van der Waals surface area contributed by atoms with E-state index in [2.05, 4.69) is 0 Å². The summed E-state index contributed by atoms with van der Waals surface area (Å²) in [5, 5.41) is 11.4. The molecule has 0 atom stereocenters. The molecule has 1 N–H and O–H groups in total. The third-order valence-corrected chi connectivity index (χ3v) is 8.03. The molecule has 5 aromatic rings. The lowest BCUT2D eigenvalue weighted by Gasteiger charge is -2.17. The predicted octanol–water partition coefficient (Wildman–Crippen LogP) is 5.91. The number of aromatic carboxylic acids is 1. The van der Waals surface area contributed by atoms with E-state index in [1.54, 1.807) is 42.6 Å². The average Bonchev–Trinajstić information content (AvgIpc) is 3.14. The van der Waals surface area contributed by atoms with Crippen LogP contribution < -0.4 is 10.3 Å². The second-order valence-electron chi connectivity index (χ2n) is 7.54. The summed E-state index contributed by atoms with van der Waals surface area (Å²) in [5.74, 6) is -1.20. The fourth-order valence-corrected chi connectivity index (χ4v) is 6.11. The topological polar surface area (TPSA) is 74.7 Å². The summed E-state index contributed by atoms with van der Waals surface area (Å²) >= 11 is 2.83. The minimum atomic E-state index is -0.999. The van der Waals surface area contributed by atoms with Crippen molar-refractivity contribution in [3.63, 3.8) is 0 Å². The molecule has 2 heterocycles. The molecule has 0 saturated heterocycles. The summed E-state index contributed by atoms with van der Waals surface area (Å²) in [5.41, 5.74) is 1.59.